The summed E-state index contributed by atoms with van der Waals surface area (Å²) in [4.78, 5) is 2.46. The van der Waals surface area contributed by atoms with Crippen LogP contribution < -0.4 is 4.90 Å². The molecule has 0 heterocycles. The topological polar surface area (TPSA) is 3.24 Å². The number of fused-ring (bicyclic) bond motifs is 5. The molecule has 304 valence electrons. The first-order chi connectivity index (χ1) is 29.8. The molecule has 0 N–H and O–H groups in total. The number of para-hydroxylation sites is 1. The zero-order valence-corrected chi connectivity index (χ0v) is 37.3. The average molecular weight is 802 g/mol. The van der Waals surface area contributed by atoms with Gasteiger partial charge in [-0.15, -0.1) is 0 Å². The lowest BCUT2D eigenvalue weighted by molar-refractivity contribution is 0.569. The zero-order valence-electron chi connectivity index (χ0n) is 37.3. The summed E-state index contributed by atoms with van der Waals surface area (Å²) in [7, 11) is 0. The minimum Gasteiger partial charge on any atom is -0.310 e. The summed E-state index contributed by atoms with van der Waals surface area (Å²) in [5.41, 5.74) is 18.9. The van der Waals surface area contributed by atoms with E-state index in [2.05, 4.69) is 248 Å². The van der Waals surface area contributed by atoms with E-state index in [9.17, 15) is 0 Å². The lowest BCUT2D eigenvalue weighted by atomic mass is 9.78. The van der Waals surface area contributed by atoms with Gasteiger partial charge in [0.2, 0.25) is 0 Å². The highest BCUT2D eigenvalue weighted by atomic mass is 15.1. The maximum Gasteiger partial charge on any atom is 0.0540 e. The molecule has 1 aliphatic carbocycles. The summed E-state index contributed by atoms with van der Waals surface area (Å²) in [5, 5.41) is 4.94. The molecule has 0 spiro atoms. The summed E-state index contributed by atoms with van der Waals surface area (Å²) in [6.45, 7) is 18.6. The van der Waals surface area contributed by atoms with Crippen molar-refractivity contribution in [1.29, 1.82) is 0 Å². The summed E-state index contributed by atoms with van der Waals surface area (Å²) >= 11 is 0. The molecule has 0 aliphatic heterocycles. The summed E-state index contributed by atoms with van der Waals surface area (Å²) < 4.78 is 0. The van der Waals surface area contributed by atoms with Gasteiger partial charge in [0, 0.05) is 22.4 Å². The first-order valence-corrected chi connectivity index (χ1v) is 22.2. The van der Waals surface area contributed by atoms with Crippen LogP contribution >= 0.6 is 0 Å². The van der Waals surface area contributed by atoms with Gasteiger partial charge >= 0.3 is 0 Å². The minimum atomic E-state index is -0.0514. The van der Waals surface area contributed by atoms with Crippen molar-refractivity contribution in [3.05, 3.63) is 210 Å². The lowest BCUT2D eigenvalue weighted by Gasteiger charge is -2.29. The van der Waals surface area contributed by atoms with Crippen molar-refractivity contribution in [2.24, 2.45) is 0 Å². The van der Waals surface area contributed by atoms with Gasteiger partial charge in [0.15, 0.2) is 0 Å². The summed E-state index contributed by atoms with van der Waals surface area (Å²) in [6.07, 6.45) is 0. The predicted molar refractivity (Wildman–Crippen MR) is 267 cm³/mol. The van der Waals surface area contributed by atoms with Crippen LogP contribution in [0.15, 0.2) is 188 Å². The summed E-state index contributed by atoms with van der Waals surface area (Å²) in [6, 6.07) is 70.4. The van der Waals surface area contributed by atoms with Gasteiger partial charge in [0.05, 0.1) is 5.69 Å². The Balaban J connectivity index is 1.17. The first-order valence-electron chi connectivity index (χ1n) is 22.2. The Labute approximate surface area is 368 Å². The Morgan fingerprint density at radius 2 is 0.903 bits per heavy atom. The normalized spacial score (nSPS) is 13.3. The molecule has 1 aliphatic rings. The molecular weight excluding hydrogens is 747 g/mol. The van der Waals surface area contributed by atoms with E-state index in [-0.39, 0.29) is 16.2 Å². The molecule has 1 heteroatoms. The molecule has 0 saturated carbocycles. The van der Waals surface area contributed by atoms with E-state index in [0.717, 1.165) is 17.1 Å². The van der Waals surface area contributed by atoms with Gasteiger partial charge in [-0.25, -0.2) is 0 Å². The fraction of sp³-hybridized carbons (Fsp3) is 0.180. The third kappa shape index (κ3) is 6.72. The van der Waals surface area contributed by atoms with Gasteiger partial charge in [0.1, 0.15) is 0 Å². The molecular formula is C61H55N. The van der Waals surface area contributed by atoms with E-state index in [1.54, 1.807) is 0 Å². The number of rotatable bonds is 6. The van der Waals surface area contributed by atoms with Crippen LogP contribution in [0.3, 0.4) is 0 Å². The quantitative estimate of drug-likeness (QED) is 0.162. The van der Waals surface area contributed by atoms with Crippen LogP contribution in [-0.2, 0) is 16.2 Å². The molecule has 0 fully saturated rings. The van der Waals surface area contributed by atoms with Crippen molar-refractivity contribution in [3.8, 4) is 44.5 Å². The predicted octanol–water partition coefficient (Wildman–Crippen LogP) is 17.4. The fourth-order valence-electron chi connectivity index (χ4n) is 9.88. The van der Waals surface area contributed by atoms with E-state index in [1.165, 1.54) is 88.3 Å². The van der Waals surface area contributed by atoms with Crippen LogP contribution in [0, 0.1) is 0 Å². The van der Waals surface area contributed by atoms with E-state index in [4.69, 9.17) is 0 Å². The van der Waals surface area contributed by atoms with Crippen LogP contribution in [0.2, 0.25) is 0 Å². The smallest absolute Gasteiger partial charge is 0.0540 e. The number of hydrogen-bond acceptors (Lipinski definition) is 1. The Morgan fingerprint density at radius 1 is 0.371 bits per heavy atom. The number of hydrogen-bond donors (Lipinski definition) is 0. The standard InChI is InChI=1S/C61H55N/c1-59(2,3)45-36-44(37-46(39-45)60(4,5)6)50-24-15-20-42-21-16-26-52(57(42)50)51-22-12-14-29-56(51)62(48-35-30-40-18-9-10-19-43(40)38-48)47-33-31-41(32-34-47)49-25-17-28-55-58(49)53-23-11-13-27-54(53)61(55,7)8/h9-39H,1-8H3. The Kier molecular flexibility index (Phi) is 9.38. The SMILES string of the molecule is CC(C)(C)c1cc(-c2cccc3cccc(-c4ccccc4N(c4ccc(-c5cccc6c5-c5ccccc5C6(C)C)cc4)c4ccc5ccccc5c4)c23)cc(C(C)(C)C)c1. The van der Waals surface area contributed by atoms with E-state index in [0.29, 0.717) is 0 Å². The maximum absolute atomic E-state index is 2.46. The monoisotopic (exact) mass is 801 g/mol. The molecule has 0 aromatic heterocycles. The molecule has 0 unspecified atom stereocenters. The van der Waals surface area contributed by atoms with E-state index < -0.39 is 0 Å². The van der Waals surface area contributed by atoms with Crippen molar-refractivity contribution in [3.63, 3.8) is 0 Å². The highest BCUT2D eigenvalue weighted by Crippen LogP contribution is 2.52. The molecule has 0 radical (unpaired) electrons. The van der Waals surface area contributed by atoms with Crippen LogP contribution in [0.1, 0.15) is 77.6 Å². The molecule has 9 aromatic carbocycles. The Morgan fingerprint density at radius 3 is 1.61 bits per heavy atom. The highest BCUT2D eigenvalue weighted by molar-refractivity contribution is 6.09. The van der Waals surface area contributed by atoms with Crippen molar-refractivity contribution < 1.29 is 0 Å². The van der Waals surface area contributed by atoms with Crippen molar-refractivity contribution in [2.75, 3.05) is 4.90 Å². The van der Waals surface area contributed by atoms with Crippen molar-refractivity contribution in [1.82, 2.24) is 0 Å². The number of nitrogens with zero attached hydrogens (tertiary/aromatic N) is 1. The Bertz CT molecular complexity index is 3130. The maximum atomic E-state index is 2.46. The summed E-state index contributed by atoms with van der Waals surface area (Å²) in [5.74, 6) is 0. The van der Waals surface area contributed by atoms with Gasteiger partial charge in [-0.3, -0.25) is 0 Å². The third-order valence-corrected chi connectivity index (χ3v) is 13.4. The second-order valence-electron chi connectivity index (χ2n) is 19.8. The number of benzene rings is 9. The van der Waals surface area contributed by atoms with Gasteiger partial charge in [-0.2, -0.15) is 0 Å². The van der Waals surface area contributed by atoms with Gasteiger partial charge < -0.3 is 4.90 Å². The molecule has 0 bridgehead atoms. The molecule has 0 atom stereocenters. The molecule has 1 nitrogen and oxygen atoms in total. The molecule has 0 saturated heterocycles. The molecule has 0 amide bonds. The van der Waals surface area contributed by atoms with Crippen LogP contribution in [-0.4, -0.2) is 0 Å². The Hall–Kier alpha value is -6.70. The fourth-order valence-corrected chi connectivity index (χ4v) is 9.88. The molecule has 10 rings (SSSR count). The van der Waals surface area contributed by atoms with Crippen LogP contribution in [0.4, 0.5) is 17.1 Å². The van der Waals surface area contributed by atoms with Gasteiger partial charge in [0.25, 0.3) is 0 Å². The minimum absolute atomic E-state index is 0.00751. The second-order valence-corrected chi connectivity index (χ2v) is 19.8. The highest BCUT2D eigenvalue weighted by Gasteiger charge is 2.36. The molecule has 9 aromatic rings. The van der Waals surface area contributed by atoms with Crippen molar-refractivity contribution in [2.45, 2.75) is 71.6 Å². The lowest BCUT2D eigenvalue weighted by Crippen LogP contribution is -2.16. The van der Waals surface area contributed by atoms with Gasteiger partial charge in [-0.1, -0.05) is 213 Å². The second kappa shape index (κ2) is 14.7. The van der Waals surface area contributed by atoms with Crippen LogP contribution in [0.25, 0.3) is 66.1 Å². The third-order valence-electron chi connectivity index (χ3n) is 13.4. The molecule has 62 heavy (non-hydrogen) atoms. The van der Waals surface area contributed by atoms with Crippen molar-refractivity contribution >= 4 is 38.6 Å². The largest absolute Gasteiger partial charge is 0.310 e. The van der Waals surface area contributed by atoms with Gasteiger partial charge in [-0.05, 0) is 124 Å². The van der Waals surface area contributed by atoms with E-state index >= 15 is 0 Å². The zero-order chi connectivity index (χ0) is 43.0. The average Bonchev–Trinajstić information content (AvgIpc) is 3.51. The van der Waals surface area contributed by atoms with Crippen LogP contribution in [0.5, 0.6) is 0 Å². The van der Waals surface area contributed by atoms with E-state index in [1.807, 2.05) is 0 Å². The first kappa shape index (κ1) is 39.4. The number of anilines is 3.